The van der Waals surface area contributed by atoms with Crippen LogP contribution in [0.15, 0.2) is 59.5 Å². The molecule has 41 heavy (non-hydrogen) atoms. The molecule has 1 unspecified atom stereocenters. The normalized spacial score (nSPS) is 17.3. The molecule has 2 saturated heterocycles. The molecule has 0 bridgehead atoms. The third kappa shape index (κ3) is 6.21. The number of carbonyl (C=O) groups excluding carboxylic acids is 2. The Hall–Kier alpha value is -4.34. The van der Waals surface area contributed by atoms with Crippen LogP contribution in [0.3, 0.4) is 0 Å². The van der Waals surface area contributed by atoms with Gasteiger partial charge in [0.1, 0.15) is 5.69 Å². The number of anilines is 3. The number of para-hydroxylation sites is 1. The van der Waals surface area contributed by atoms with Crippen LogP contribution in [0.2, 0.25) is 0 Å². The molecule has 0 aliphatic carbocycles. The topological polar surface area (TPSA) is 100 Å². The molecular weight excluding hydrogens is 520 g/mol. The molecule has 1 N–H and O–H groups in total. The fourth-order valence-corrected chi connectivity index (χ4v) is 5.65. The molecule has 3 heterocycles. The molecule has 2 fully saturated rings. The Labute approximate surface area is 240 Å². The number of piperidine rings is 1. The number of aromatic nitrogens is 2. The number of esters is 1. The van der Waals surface area contributed by atoms with E-state index >= 15 is 0 Å². The van der Waals surface area contributed by atoms with E-state index in [1.807, 2.05) is 67.3 Å². The number of ether oxygens (including phenoxy) is 1. The van der Waals surface area contributed by atoms with Crippen LogP contribution in [0.4, 0.5) is 21.9 Å². The summed E-state index contributed by atoms with van der Waals surface area (Å²) >= 11 is 0. The first-order valence-electron chi connectivity index (χ1n) is 14.3. The van der Waals surface area contributed by atoms with Crippen LogP contribution in [0.25, 0.3) is 5.69 Å². The number of urea groups is 1. The molecule has 1 aromatic heterocycles. The van der Waals surface area contributed by atoms with Gasteiger partial charge in [-0.25, -0.2) is 4.79 Å². The smallest absolute Gasteiger partial charge is 0.321 e. The molecule has 10 nitrogen and oxygen atoms in total. The van der Waals surface area contributed by atoms with Crippen molar-refractivity contribution in [2.45, 2.75) is 33.6 Å². The minimum atomic E-state index is -0.292. The molecule has 0 saturated carbocycles. The van der Waals surface area contributed by atoms with E-state index in [0.717, 1.165) is 35.3 Å². The van der Waals surface area contributed by atoms with Gasteiger partial charge in [-0.05, 0) is 57.4 Å². The van der Waals surface area contributed by atoms with Gasteiger partial charge in [0.05, 0.1) is 30.1 Å². The number of nitrogens with zero attached hydrogens (tertiary/aromatic N) is 5. The number of rotatable bonds is 6. The molecule has 2 aliphatic rings. The van der Waals surface area contributed by atoms with E-state index in [2.05, 4.69) is 15.3 Å². The Morgan fingerprint density at radius 3 is 2.46 bits per heavy atom. The molecule has 10 heteroatoms. The lowest BCUT2D eigenvalue weighted by Crippen LogP contribution is -2.51. The summed E-state index contributed by atoms with van der Waals surface area (Å²) in [4.78, 5) is 45.6. The number of aryl methyl sites for hydroxylation is 2. The Morgan fingerprint density at radius 1 is 1.00 bits per heavy atom. The summed E-state index contributed by atoms with van der Waals surface area (Å²) in [6, 6.07) is 15.2. The van der Waals surface area contributed by atoms with Crippen molar-refractivity contribution in [2.24, 2.45) is 5.92 Å². The van der Waals surface area contributed by atoms with E-state index in [9.17, 15) is 14.4 Å². The molecule has 216 valence electrons. The molecule has 0 radical (unpaired) electrons. The second-order valence-corrected chi connectivity index (χ2v) is 10.7. The second-order valence-electron chi connectivity index (χ2n) is 10.7. The average Bonchev–Trinajstić information content (AvgIpc) is 2.99. The van der Waals surface area contributed by atoms with E-state index in [4.69, 9.17) is 4.74 Å². The fourth-order valence-electron chi connectivity index (χ4n) is 5.65. The predicted octanol–water partition coefficient (Wildman–Crippen LogP) is 3.98. The highest BCUT2D eigenvalue weighted by molar-refractivity contribution is 5.90. The van der Waals surface area contributed by atoms with E-state index < -0.39 is 0 Å². The van der Waals surface area contributed by atoms with Gasteiger partial charge >= 0.3 is 12.0 Å². The predicted molar refractivity (Wildman–Crippen MR) is 160 cm³/mol. The van der Waals surface area contributed by atoms with Crippen molar-refractivity contribution in [3.63, 3.8) is 0 Å². The highest BCUT2D eigenvalue weighted by Gasteiger charge is 2.32. The average molecular weight is 559 g/mol. The molecule has 2 aromatic carbocycles. The highest BCUT2D eigenvalue weighted by Crippen LogP contribution is 2.31. The van der Waals surface area contributed by atoms with Crippen LogP contribution in [-0.4, -0.2) is 72.6 Å². The molecule has 3 aromatic rings. The summed E-state index contributed by atoms with van der Waals surface area (Å²) in [6.07, 6.45) is 3.25. The minimum Gasteiger partial charge on any atom is -0.466 e. The SMILES string of the molecule is CCOC(=O)C1CCCN(c2c(N3CCN(C(=O)Nc4ccc(C)cc4C)CC3)cnn(-c3ccccc3)c2=O)C1. The molecule has 0 spiro atoms. The molecule has 1 atom stereocenters. The number of amides is 2. The van der Waals surface area contributed by atoms with Gasteiger partial charge in [-0.2, -0.15) is 9.78 Å². The first-order valence-corrected chi connectivity index (χ1v) is 14.3. The van der Waals surface area contributed by atoms with Gasteiger partial charge in [0, 0.05) is 45.0 Å². The Balaban J connectivity index is 1.39. The third-order valence-electron chi connectivity index (χ3n) is 7.82. The fraction of sp³-hybridized carbons (Fsp3) is 0.419. The van der Waals surface area contributed by atoms with Gasteiger partial charge in [-0.3, -0.25) is 9.59 Å². The van der Waals surface area contributed by atoms with E-state index in [1.165, 1.54) is 4.68 Å². The zero-order valence-electron chi connectivity index (χ0n) is 24.0. The van der Waals surface area contributed by atoms with Crippen molar-refractivity contribution in [1.29, 1.82) is 0 Å². The number of hydrogen-bond acceptors (Lipinski definition) is 7. The van der Waals surface area contributed by atoms with E-state index in [1.54, 1.807) is 18.0 Å². The van der Waals surface area contributed by atoms with Gasteiger partial charge in [-0.15, -0.1) is 0 Å². The van der Waals surface area contributed by atoms with E-state index in [-0.39, 0.29) is 23.5 Å². The molecule has 2 aliphatic heterocycles. The maximum absolute atomic E-state index is 14.0. The first kappa shape index (κ1) is 28.2. The lowest BCUT2D eigenvalue weighted by molar-refractivity contribution is -0.148. The van der Waals surface area contributed by atoms with Crippen molar-refractivity contribution in [3.05, 3.63) is 76.2 Å². The van der Waals surface area contributed by atoms with Gasteiger partial charge in [0.15, 0.2) is 0 Å². The van der Waals surface area contributed by atoms with Crippen LogP contribution in [0.1, 0.15) is 30.9 Å². The number of hydrogen-bond donors (Lipinski definition) is 1. The number of piperazine rings is 1. The summed E-state index contributed by atoms with van der Waals surface area (Å²) in [5.41, 5.74) is 4.68. The van der Waals surface area contributed by atoms with Crippen molar-refractivity contribution in [2.75, 3.05) is 61.0 Å². The molecule has 2 amide bonds. The number of benzene rings is 2. The van der Waals surface area contributed by atoms with Crippen LogP contribution in [0, 0.1) is 19.8 Å². The van der Waals surface area contributed by atoms with Gasteiger partial charge < -0.3 is 24.8 Å². The van der Waals surface area contributed by atoms with Crippen LogP contribution >= 0.6 is 0 Å². The van der Waals surface area contributed by atoms with Crippen LogP contribution in [0.5, 0.6) is 0 Å². The lowest BCUT2D eigenvalue weighted by atomic mass is 9.97. The summed E-state index contributed by atoms with van der Waals surface area (Å²) in [5.74, 6) is -0.514. The van der Waals surface area contributed by atoms with Crippen molar-refractivity contribution < 1.29 is 14.3 Å². The molecular formula is C31H38N6O4. The largest absolute Gasteiger partial charge is 0.466 e. The Morgan fingerprint density at radius 2 is 1.76 bits per heavy atom. The van der Waals surface area contributed by atoms with Gasteiger partial charge in [-0.1, -0.05) is 35.9 Å². The first-order chi connectivity index (χ1) is 19.9. The molecule has 5 rings (SSSR count). The van der Waals surface area contributed by atoms with Gasteiger partial charge in [0.2, 0.25) is 0 Å². The second kappa shape index (κ2) is 12.4. The summed E-state index contributed by atoms with van der Waals surface area (Å²) in [7, 11) is 0. The summed E-state index contributed by atoms with van der Waals surface area (Å²) in [5, 5.41) is 7.58. The Kier molecular flexibility index (Phi) is 8.56. The standard InChI is InChI=1S/C31H38N6O4/c1-4-41-30(39)24-9-8-14-36(21-24)28-27(20-32-37(29(28)38)25-10-6-5-7-11-25)34-15-17-35(18-16-34)31(40)33-26-13-12-22(2)19-23(26)3/h5-7,10-13,19-20,24H,4,8-9,14-18,21H2,1-3H3,(H,33,40). The van der Waals surface area contributed by atoms with Crippen molar-refractivity contribution in [1.82, 2.24) is 14.7 Å². The maximum atomic E-state index is 14.0. The quantitative estimate of drug-likeness (QED) is 0.457. The minimum absolute atomic E-state index is 0.136. The maximum Gasteiger partial charge on any atom is 0.321 e. The van der Waals surface area contributed by atoms with Crippen molar-refractivity contribution >= 4 is 29.1 Å². The number of nitrogens with one attached hydrogen (secondary N) is 1. The van der Waals surface area contributed by atoms with Crippen molar-refractivity contribution in [3.8, 4) is 5.69 Å². The van der Waals surface area contributed by atoms with Gasteiger partial charge in [0.25, 0.3) is 5.56 Å². The van der Waals surface area contributed by atoms with Crippen LogP contribution < -0.4 is 20.7 Å². The Bertz CT molecular complexity index is 1450. The summed E-state index contributed by atoms with van der Waals surface area (Å²) in [6.45, 7) is 9.34. The highest BCUT2D eigenvalue weighted by atomic mass is 16.5. The summed E-state index contributed by atoms with van der Waals surface area (Å²) < 4.78 is 6.73. The van der Waals surface area contributed by atoms with Crippen LogP contribution in [-0.2, 0) is 9.53 Å². The zero-order valence-corrected chi connectivity index (χ0v) is 24.0. The zero-order chi connectivity index (χ0) is 28.9. The number of carbonyl (C=O) groups is 2. The lowest BCUT2D eigenvalue weighted by Gasteiger charge is -2.39. The van der Waals surface area contributed by atoms with E-state index in [0.29, 0.717) is 57.3 Å². The third-order valence-corrected chi connectivity index (χ3v) is 7.82. The monoisotopic (exact) mass is 558 g/mol.